The van der Waals surface area contributed by atoms with Crippen LogP contribution in [0.3, 0.4) is 0 Å². The number of esters is 1. The maximum Gasteiger partial charge on any atom is 0.337 e. The molecule has 0 saturated heterocycles. The van der Waals surface area contributed by atoms with Gasteiger partial charge in [-0.05, 0) is 116 Å². The number of carbonyl (C=O) groups excluding carboxylic acids is 1. The van der Waals surface area contributed by atoms with E-state index in [1.54, 1.807) is 10.6 Å². The molecule has 0 spiro atoms. The highest BCUT2D eigenvalue weighted by atomic mass is 127. The first-order chi connectivity index (χ1) is 20.2. The molecule has 0 amide bonds. The van der Waals surface area contributed by atoms with Gasteiger partial charge in [-0.2, -0.15) is 0 Å². The molecule has 0 N–H and O–H groups in total. The van der Waals surface area contributed by atoms with Gasteiger partial charge in [0.25, 0.3) is 5.56 Å². The van der Waals surface area contributed by atoms with Crippen molar-refractivity contribution in [3.05, 3.63) is 106 Å². The van der Waals surface area contributed by atoms with E-state index < -0.39 is 12.0 Å². The third-order valence-electron chi connectivity index (χ3n) is 7.16. The topological polar surface area (TPSA) is 84.0 Å². The van der Waals surface area contributed by atoms with Crippen molar-refractivity contribution in [2.24, 2.45) is 4.99 Å². The summed E-state index contributed by atoms with van der Waals surface area (Å²) in [5, 5.41) is 0. The summed E-state index contributed by atoms with van der Waals surface area (Å²) in [4.78, 5) is 31.9. The molecule has 0 saturated carbocycles. The Hall–Kier alpha value is -3.64. The molecule has 0 unspecified atom stereocenters. The molecule has 0 bridgehead atoms. The number of halogens is 1. The minimum absolute atomic E-state index is 0.236. The van der Waals surface area contributed by atoms with Crippen molar-refractivity contribution in [1.82, 2.24) is 9.13 Å². The van der Waals surface area contributed by atoms with Crippen LogP contribution in [0.1, 0.15) is 48.0 Å². The maximum absolute atomic E-state index is 14.0. The van der Waals surface area contributed by atoms with Crippen molar-refractivity contribution >= 4 is 46.0 Å². The number of benzene rings is 2. The fourth-order valence-corrected chi connectivity index (χ4v) is 6.52. The highest BCUT2D eigenvalue weighted by Gasteiger charge is 2.31. The number of methoxy groups -OCH3 is 1. The fourth-order valence-electron chi connectivity index (χ4n) is 5.23. The Morgan fingerprint density at radius 3 is 2.48 bits per heavy atom. The van der Waals surface area contributed by atoms with Gasteiger partial charge >= 0.3 is 5.97 Å². The van der Waals surface area contributed by atoms with Crippen LogP contribution < -0.4 is 24.4 Å². The summed E-state index contributed by atoms with van der Waals surface area (Å²) in [6, 6.07) is 13.2. The molecule has 1 aliphatic heterocycles. The summed E-state index contributed by atoms with van der Waals surface area (Å²) in [7, 11) is 1.32. The van der Waals surface area contributed by atoms with Crippen molar-refractivity contribution in [3.8, 4) is 17.2 Å². The fraction of sp³-hybridized carbons (Fsp3) is 0.281. The molecule has 42 heavy (non-hydrogen) atoms. The Bertz CT molecular complexity index is 1900. The normalized spacial score (nSPS) is 14.7. The molecule has 2 aromatic heterocycles. The predicted molar refractivity (Wildman–Crippen MR) is 173 cm³/mol. The van der Waals surface area contributed by atoms with E-state index in [9.17, 15) is 9.59 Å². The second kappa shape index (κ2) is 12.3. The number of thiazole rings is 1. The number of aryl methyl sites for hydroxylation is 2. The van der Waals surface area contributed by atoms with Gasteiger partial charge in [0.15, 0.2) is 16.3 Å². The number of hydrogen-bond acceptors (Lipinski definition) is 7. The molecule has 218 valence electrons. The monoisotopic (exact) mass is 697 g/mol. The zero-order valence-electron chi connectivity index (χ0n) is 24.4. The Labute approximate surface area is 261 Å². The molecule has 0 aliphatic carbocycles. The van der Waals surface area contributed by atoms with Crippen molar-refractivity contribution in [2.75, 3.05) is 20.3 Å². The van der Waals surface area contributed by atoms with Crippen LogP contribution in [0.4, 0.5) is 0 Å². The minimum Gasteiger partial charge on any atom is -0.490 e. The minimum atomic E-state index is -0.743. The highest BCUT2D eigenvalue weighted by Crippen LogP contribution is 2.35. The second-order valence-electron chi connectivity index (χ2n) is 9.84. The number of rotatable bonds is 8. The third kappa shape index (κ3) is 5.45. The first-order valence-electron chi connectivity index (χ1n) is 13.6. The number of nitrogens with zero attached hydrogens (tertiary/aromatic N) is 3. The first-order valence-corrected chi connectivity index (χ1v) is 15.5. The van der Waals surface area contributed by atoms with Crippen LogP contribution in [0.5, 0.6) is 11.5 Å². The van der Waals surface area contributed by atoms with E-state index in [2.05, 4.69) is 77.2 Å². The summed E-state index contributed by atoms with van der Waals surface area (Å²) in [5.41, 5.74) is 6.03. The largest absolute Gasteiger partial charge is 0.490 e. The van der Waals surface area contributed by atoms with E-state index >= 15 is 0 Å². The van der Waals surface area contributed by atoms with E-state index in [4.69, 9.17) is 14.2 Å². The van der Waals surface area contributed by atoms with Crippen LogP contribution in [-0.2, 0) is 9.53 Å². The van der Waals surface area contributed by atoms with Crippen molar-refractivity contribution in [1.29, 1.82) is 0 Å². The van der Waals surface area contributed by atoms with Crippen LogP contribution in [0.25, 0.3) is 11.8 Å². The number of hydrogen-bond donors (Lipinski definition) is 0. The van der Waals surface area contributed by atoms with Gasteiger partial charge in [0.05, 0.1) is 36.5 Å². The standard InChI is InChI=1S/C32H32IN3O5S/c1-7-40-26-12-9-21(15-27(26)41-8-2)29-24(31(38)39-6)17-34-32-36(29)30(37)28(42-32)16-22-14-19(4)35(20(22)5)23-10-11-25(33)18(3)13-23/h9-17,29H,7-8H2,1-6H3/b28-16+/t29-/m0/s1. The Balaban J connectivity index is 1.66. The number of fused-ring (bicyclic) bond motifs is 1. The highest BCUT2D eigenvalue weighted by molar-refractivity contribution is 14.1. The van der Waals surface area contributed by atoms with Gasteiger partial charge in [0.1, 0.15) is 0 Å². The zero-order valence-corrected chi connectivity index (χ0v) is 27.3. The molecule has 0 fully saturated rings. The van der Waals surface area contributed by atoms with Crippen LogP contribution >= 0.6 is 33.9 Å². The number of carbonyl (C=O) groups is 1. The average Bonchev–Trinajstić information content (AvgIpc) is 3.44. The maximum atomic E-state index is 14.0. The molecular formula is C32H32IN3O5S. The number of ether oxygens (including phenoxy) is 3. The lowest BCUT2D eigenvalue weighted by Crippen LogP contribution is -2.39. The molecule has 2 aromatic carbocycles. The molecule has 3 heterocycles. The molecule has 5 rings (SSSR count). The van der Waals surface area contributed by atoms with Crippen molar-refractivity contribution in [2.45, 2.75) is 40.7 Å². The van der Waals surface area contributed by atoms with Crippen LogP contribution in [0.2, 0.25) is 0 Å². The number of aromatic nitrogens is 2. The third-order valence-corrected chi connectivity index (χ3v) is 9.37. The SMILES string of the molecule is CCOc1ccc([C@H]2C(C(=O)OC)=CN=c3s/c(=C/c4cc(C)n(-c5ccc(I)c(C)c5)c4C)c(=O)n32)cc1OCC. The lowest BCUT2D eigenvalue weighted by atomic mass is 9.97. The Morgan fingerprint density at radius 1 is 1.05 bits per heavy atom. The van der Waals surface area contributed by atoms with Gasteiger partial charge < -0.3 is 18.8 Å². The Kier molecular flexibility index (Phi) is 8.74. The molecule has 10 heteroatoms. The average molecular weight is 698 g/mol. The zero-order chi connectivity index (χ0) is 30.1. The van der Waals surface area contributed by atoms with Crippen LogP contribution in [0, 0.1) is 24.3 Å². The molecular weight excluding hydrogens is 665 g/mol. The van der Waals surface area contributed by atoms with Crippen LogP contribution in [0.15, 0.2) is 64.0 Å². The molecule has 4 aromatic rings. The van der Waals surface area contributed by atoms with Crippen molar-refractivity contribution < 1.29 is 19.0 Å². The van der Waals surface area contributed by atoms with Gasteiger partial charge in [-0.1, -0.05) is 17.4 Å². The van der Waals surface area contributed by atoms with Gasteiger partial charge in [0.2, 0.25) is 0 Å². The summed E-state index contributed by atoms with van der Waals surface area (Å²) in [6.07, 6.45) is 3.40. The molecule has 1 aliphatic rings. The van der Waals surface area contributed by atoms with E-state index in [-0.39, 0.29) is 11.1 Å². The van der Waals surface area contributed by atoms with Gasteiger partial charge in [-0.25, -0.2) is 9.79 Å². The molecule has 0 radical (unpaired) electrons. The van der Waals surface area contributed by atoms with Crippen LogP contribution in [-0.4, -0.2) is 35.4 Å². The summed E-state index contributed by atoms with van der Waals surface area (Å²) in [6.45, 7) is 10.9. The summed E-state index contributed by atoms with van der Waals surface area (Å²) in [5.74, 6) is 0.581. The molecule has 8 nitrogen and oxygen atoms in total. The summed E-state index contributed by atoms with van der Waals surface area (Å²) < 4.78 is 22.2. The molecule has 1 atom stereocenters. The predicted octanol–water partition coefficient (Wildman–Crippen LogP) is 5.14. The van der Waals surface area contributed by atoms with Gasteiger partial charge in [-0.3, -0.25) is 9.36 Å². The smallest absolute Gasteiger partial charge is 0.337 e. The van der Waals surface area contributed by atoms with Crippen molar-refractivity contribution in [3.63, 3.8) is 0 Å². The Morgan fingerprint density at radius 2 is 1.79 bits per heavy atom. The lowest BCUT2D eigenvalue weighted by Gasteiger charge is -2.23. The second-order valence-corrected chi connectivity index (χ2v) is 12.0. The van der Waals surface area contributed by atoms with E-state index in [0.29, 0.717) is 39.6 Å². The quantitative estimate of drug-likeness (QED) is 0.188. The van der Waals surface area contributed by atoms with E-state index in [1.807, 2.05) is 32.1 Å². The van der Waals surface area contributed by atoms with E-state index in [1.165, 1.54) is 33.8 Å². The first kappa shape index (κ1) is 29.8. The summed E-state index contributed by atoms with van der Waals surface area (Å²) >= 11 is 3.63. The van der Waals surface area contributed by atoms with Gasteiger partial charge in [0, 0.05) is 26.8 Å². The van der Waals surface area contributed by atoms with E-state index in [0.717, 1.165) is 22.6 Å². The van der Waals surface area contributed by atoms with Gasteiger partial charge in [-0.15, -0.1) is 0 Å². The lowest BCUT2D eigenvalue weighted by molar-refractivity contribution is -0.136.